The first-order valence-corrected chi connectivity index (χ1v) is 7.21. The van der Waals surface area contributed by atoms with Crippen LogP contribution in [0.3, 0.4) is 0 Å². The molecule has 1 heterocycles. The van der Waals surface area contributed by atoms with E-state index in [1.165, 1.54) is 6.08 Å². The van der Waals surface area contributed by atoms with Crippen LogP contribution in [0.15, 0.2) is 88.1 Å². The third kappa shape index (κ3) is 3.52. The minimum absolute atomic E-state index is 0.0352. The lowest BCUT2D eigenvalue weighted by atomic mass is 10.1. The molecule has 1 aromatic heterocycles. The molecule has 0 unspecified atom stereocenters. The minimum atomic E-state index is -0.620. The summed E-state index contributed by atoms with van der Waals surface area (Å²) < 4.78 is 5.16. The monoisotopic (exact) mass is 302 g/mol. The second-order valence-corrected chi connectivity index (χ2v) is 4.98. The third-order valence-electron chi connectivity index (χ3n) is 3.35. The molecule has 0 saturated carbocycles. The molecular formula is C20H14O3. The molecule has 0 amide bonds. The summed E-state index contributed by atoms with van der Waals surface area (Å²) in [4.78, 5) is 24.0. The van der Waals surface area contributed by atoms with Crippen LogP contribution in [-0.2, 0) is 0 Å². The number of rotatable bonds is 4. The summed E-state index contributed by atoms with van der Waals surface area (Å²) in [6.07, 6.45) is 6.62. The highest BCUT2D eigenvalue weighted by Crippen LogP contribution is 2.13. The lowest BCUT2D eigenvalue weighted by molar-refractivity contribution is 0.104. The normalized spacial score (nSPS) is 11.5. The number of para-hydroxylation sites is 1. The smallest absolute Gasteiger partial charge is 0.347 e. The van der Waals surface area contributed by atoms with Gasteiger partial charge in [-0.15, -0.1) is 0 Å². The van der Waals surface area contributed by atoms with E-state index >= 15 is 0 Å². The van der Waals surface area contributed by atoms with Crippen LogP contribution >= 0.6 is 0 Å². The van der Waals surface area contributed by atoms with Gasteiger partial charge in [0.15, 0.2) is 5.78 Å². The Kier molecular flexibility index (Phi) is 4.29. The highest BCUT2D eigenvalue weighted by molar-refractivity contribution is 6.05. The van der Waals surface area contributed by atoms with E-state index in [2.05, 4.69) is 0 Å². The maximum atomic E-state index is 12.1. The standard InChI is InChI=1S/C20H14O3/c21-18(12-6-4-10-15-8-2-1-3-9-15)17-14-16-11-5-7-13-19(16)23-20(17)22/h1-14H. The highest BCUT2D eigenvalue weighted by Gasteiger charge is 2.10. The van der Waals surface area contributed by atoms with E-state index in [0.29, 0.717) is 5.58 Å². The van der Waals surface area contributed by atoms with E-state index in [1.807, 2.05) is 42.5 Å². The van der Waals surface area contributed by atoms with E-state index in [-0.39, 0.29) is 11.3 Å². The highest BCUT2D eigenvalue weighted by atomic mass is 16.4. The van der Waals surface area contributed by atoms with E-state index < -0.39 is 5.63 Å². The maximum Gasteiger partial charge on any atom is 0.347 e. The van der Waals surface area contributed by atoms with Gasteiger partial charge in [-0.1, -0.05) is 66.8 Å². The molecule has 0 radical (unpaired) electrons. The molecular weight excluding hydrogens is 288 g/mol. The zero-order valence-electron chi connectivity index (χ0n) is 12.3. The summed E-state index contributed by atoms with van der Waals surface area (Å²) in [5.41, 5.74) is 0.926. The molecule has 0 bridgehead atoms. The number of allylic oxidation sites excluding steroid dienone is 3. The van der Waals surface area contributed by atoms with Gasteiger partial charge in [-0.3, -0.25) is 4.79 Å². The van der Waals surface area contributed by atoms with Gasteiger partial charge in [-0.25, -0.2) is 4.79 Å². The third-order valence-corrected chi connectivity index (χ3v) is 3.35. The van der Waals surface area contributed by atoms with Crippen molar-refractivity contribution in [2.45, 2.75) is 0 Å². The van der Waals surface area contributed by atoms with Crippen LogP contribution in [0, 0.1) is 0 Å². The summed E-state index contributed by atoms with van der Waals surface area (Å²) in [6, 6.07) is 18.4. The van der Waals surface area contributed by atoms with Crippen LogP contribution in [0.4, 0.5) is 0 Å². The minimum Gasteiger partial charge on any atom is -0.422 e. The van der Waals surface area contributed by atoms with Crippen LogP contribution in [0.1, 0.15) is 15.9 Å². The Morgan fingerprint density at radius 2 is 1.65 bits per heavy atom. The predicted octanol–water partition coefficient (Wildman–Crippen LogP) is 4.25. The fraction of sp³-hybridized carbons (Fsp3) is 0. The fourth-order valence-electron chi connectivity index (χ4n) is 2.20. The van der Waals surface area contributed by atoms with E-state index in [9.17, 15) is 9.59 Å². The lowest BCUT2D eigenvalue weighted by Gasteiger charge is -1.98. The van der Waals surface area contributed by atoms with Gasteiger partial charge < -0.3 is 4.42 Å². The Balaban J connectivity index is 1.80. The number of benzene rings is 2. The van der Waals surface area contributed by atoms with Gasteiger partial charge in [-0.05, 0) is 23.8 Å². The number of fused-ring (bicyclic) bond motifs is 1. The Morgan fingerprint density at radius 1 is 0.913 bits per heavy atom. The zero-order valence-corrected chi connectivity index (χ0v) is 12.3. The first kappa shape index (κ1) is 14.7. The molecule has 0 fully saturated rings. The van der Waals surface area contributed by atoms with Crippen molar-refractivity contribution in [3.05, 3.63) is 100 Å². The van der Waals surface area contributed by atoms with Crippen molar-refractivity contribution in [1.82, 2.24) is 0 Å². The van der Waals surface area contributed by atoms with Crippen LogP contribution in [-0.4, -0.2) is 5.78 Å². The van der Waals surface area contributed by atoms with Crippen molar-refractivity contribution in [2.24, 2.45) is 0 Å². The van der Waals surface area contributed by atoms with Crippen molar-refractivity contribution in [1.29, 1.82) is 0 Å². The Labute approximate surface area is 133 Å². The van der Waals surface area contributed by atoms with Gasteiger partial charge in [0, 0.05) is 5.39 Å². The first-order valence-electron chi connectivity index (χ1n) is 7.21. The van der Waals surface area contributed by atoms with Gasteiger partial charge in [0.2, 0.25) is 0 Å². The Hall–Kier alpha value is -3.20. The van der Waals surface area contributed by atoms with Gasteiger partial charge in [0.25, 0.3) is 0 Å². The Morgan fingerprint density at radius 3 is 2.48 bits per heavy atom. The SMILES string of the molecule is O=C(C=CC=Cc1ccccc1)c1cc2ccccc2oc1=O. The summed E-state index contributed by atoms with van der Waals surface area (Å²) in [5.74, 6) is -0.373. The molecule has 0 N–H and O–H groups in total. The molecule has 112 valence electrons. The first-order chi connectivity index (χ1) is 11.2. The van der Waals surface area contributed by atoms with Crippen molar-refractivity contribution >= 4 is 22.8 Å². The predicted molar refractivity (Wildman–Crippen MR) is 91.4 cm³/mol. The average Bonchev–Trinajstić information content (AvgIpc) is 2.59. The number of carbonyl (C=O) groups is 1. The number of hydrogen-bond acceptors (Lipinski definition) is 3. The summed E-state index contributed by atoms with van der Waals surface area (Å²) in [6.45, 7) is 0. The van der Waals surface area contributed by atoms with Gasteiger partial charge in [0.05, 0.1) is 0 Å². The van der Waals surface area contributed by atoms with Gasteiger partial charge in [0.1, 0.15) is 11.1 Å². The summed E-state index contributed by atoms with van der Waals surface area (Å²) in [7, 11) is 0. The molecule has 0 aliphatic carbocycles. The van der Waals surface area contributed by atoms with Crippen molar-refractivity contribution < 1.29 is 9.21 Å². The molecule has 3 nitrogen and oxygen atoms in total. The lowest BCUT2D eigenvalue weighted by Crippen LogP contribution is -2.11. The van der Waals surface area contributed by atoms with E-state index in [4.69, 9.17) is 4.42 Å². The topological polar surface area (TPSA) is 47.3 Å². The molecule has 3 aromatic rings. The van der Waals surface area contributed by atoms with Crippen LogP contribution in [0.2, 0.25) is 0 Å². The molecule has 0 spiro atoms. The molecule has 3 rings (SSSR count). The van der Waals surface area contributed by atoms with Crippen molar-refractivity contribution in [3.63, 3.8) is 0 Å². The van der Waals surface area contributed by atoms with Gasteiger partial charge >= 0.3 is 5.63 Å². The van der Waals surface area contributed by atoms with E-state index in [1.54, 1.807) is 36.4 Å². The van der Waals surface area contributed by atoms with Crippen LogP contribution in [0.25, 0.3) is 17.0 Å². The summed E-state index contributed by atoms with van der Waals surface area (Å²) in [5, 5.41) is 0.726. The molecule has 0 atom stereocenters. The second-order valence-electron chi connectivity index (χ2n) is 4.98. The maximum absolute atomic E-state index is 12.1. The number of ketones is 1. The molecule has 2 aromatic carbocycles. The Bertz CT molecular complexity index is 947. The average molecular weight is 302 g/mol. The van der Waals surface area contributed by atoms with Gasteiger partial charge in [-0.2, -0.15) is 0 Å². The molecule has 3 heteroatoms. The number of carbonyl (C=O) groups excluding carboxylic acids is 1. The molecule has 23 heavy (non-hydrogen) atoms. The second kappa shape index (κ2) is 6.71. The molecule has 0 saturated heterocycles. The van der Waals surface area contributed by atoms with Crippen LogP contribution in [0.5, 0.6) is 0 Å². The quantitative estimate of drug-likeness (QED) is 0.313. The van der Waals surface area contributed by atoms with Crippen molar-refractivity contribution in [2.75, 3.05) is 0 Å². The summed E-state index contributed by atoms with van der Waals surface area (Å²) >= 11 is 0. The van der Waals surface area contributed by atoms with Crippen molar-refractivity contribution in [3.8, 4) is 0 Å². The van der Waals surface area contributed by atoms with Crippen LogP contribution < -0.4 is 5.63 Å². The molecule has 0 aliphatic heterocycles. The largest absolute Gasteiger partial charge is 0.422 e. The zero-order chi connectivity index (χ0) is 16.1. The van der Waals surface area contributed by atoms with E-state index in [0.717, 1.165) is 10.9 Å². The fourth-order valence-corrected chi connectivity index (χ4v) is 2.20. The number of hydrogen-bond donors (Lipinski definition) is 0. The molecule has 0 aliphatic rings.